The molecule has 3 aliphatic rings. The first-order valence-corrected chi connectivity index (χ1v) is 11.1. The van der Waals surface area contributed by atoms with E-state index in [1.165, 1.54) is 5.56 Å². The molecule has 5 rings (SSSR count). The topological polar surface area (TPSA) is 74.6 Å². The van der Waals surface area contributed by atoms with Gasteiger partial charge in [-0.1, -0.05) is 48.6 Å². The highest BCUT2D eigenvalue weighted by Crippen LogP contribution is 2.42. The average molecular weight is 420 g/mol. The number of carbonyl (C=O) groups is 1. The first kappa shape index (κ1) is 20.2. The second-order valence-corrected chi connectivity index (χ2v) is 9.28. The van der Waals surface area contributed by atoms with Crippen LogP contribution in [0.3, 0.4) is 0 Å². The maximum Gasteiger partial charge on any atom is 0.251 e. The second kappa shape index (κ2) is 8.09. The van der Waals surface area contributed by atoms with Gasteiger partial charge in [0.2, 0.25) is 5.91 Å². The zero-order valence-corrected chi connectivity index (χ0v) is 17.6. The van der Waals surface area contributed by atoms with Gasteiger partial charge < -0.3 is 10.4 Å². The Morgan fingerprint density at radius 1 is 1.06 bits per heavy atom. The van der Waals surface area contributed by atoms with Crippen LogP contribution in [-0.2, 0) is 11.3 Å². The number of likely N-dealkylation sites (tertiary alicyclic amines) is 1. The van der Waals surface area contributed by atoms with Gasteiger partial charge in [-0.2, -0.15) is 0 Å². The van der Waals surface area contributed by atoms with E-state index in [9.17, 15) is 14.7 Å². The number of pyridine rings is 1. The van der Waals surface area contributed by atoms with Crippen molar-refractivity contribution in [3.63, 3.8) is 0 Å². The number of amides is 1. The van der Waals surface area contributed by atoms with Crippen LogP contribution in [0.1, 0.15) is 42.5 Å². The molecule has 2 aliphatic heterocycles. The Morgan fingerprint density at radius 3 is 2.58 bits per heavy atom. The molecular formula is C25H29N3O3. The number of nitrogens with one attached hydrogen (secondary N) is 1. The smallest absolute Gasteiger partial charge is 0.251 e. The maximum atomic E-state index is 13.6. The molecule has 1 fully saturated rings. The van der Waals surface area contributed by atoms with Crippen LogP contribution in [0.4, 0.5) is 0 Å². The summed E-state index contributed by atoms with van der Waals surface area (Å²) in [7, 11) is 0. The number of piperidine rings is 1. The minimum Gasteiger partial charge on any atom is -0.394 e. The van der Waals surface area contributed by atoms with Gasteiger partial charge in [0, 0.05) is 43.2 Å². The van der Waals surface area contributed by atoms with Crippen molar-refractivity contribution in [1.29, 1.82) is 0 Å². The van der Waals surface area contributed by atoms with Crippen LogP contribution in [0.5, 0.6) is 0 Å². The zero-order valence-electron chi connectivity index (χ0n) is 17.6. The largest absolute Gasteiger partial charge is 0.394 e. The van der Waals surface area contributed by atoms with Crippen molar-refractivity contribution in [2.45, 2.75) is 43.3 Å². The summed E-state index contributed by atoms with van der Waals surface area (Å²) in [6, 6.07) is 15.2. The summed E-state index contributed by atoms with van der Waals surface area (Å²) < 4.78 is 1.72. The summed E-state index contributed by atoms with van der Waals surface area (Å²) >= 11 is 0. The Kier molecular flexibility index (Phi) is 5.28. The van der Waals surface area contributed by atoms with E-state index in [0.29, 0.717) is 12.8 Å². The van der Waals surface area contributed by atoms with Gasteiger partial charge in [-0.25, -0.2) is 0 Å². The van der Waals surface area contributed by atoms with Gasteiger partial charge in [-0.3, -0.25) is 19.1 Å². The molecule has 1 aromatic heterocycles. The molecule has 1 saturated heterocycles. The lowest BCUT2D eigenvalue weighted by molar-refractivity contribution is -0.130. The maximum absolute atomic E-state index is 13.6. The molecular weight excluding hydrogens is 390 g/mol. The van der Waals surface area contributed by atoms with Crippen LogP contribution in [0.15, 0.2) is 65.5 Å². The fourth-order valence-corrected chi connectivity index (χ4v) is 5.64. The summed E-state index contributed by atoms with van der Waals surface area (Å²) in [5, 5.41) is 13.1. The third kappa shape index (κ3) is 3.75. The van der Waals surface area contributed by atoms with E-state index in [2.05, 4.69) is 34.5 Å². The van der Waals surface area contributed by atoms with Gasteiger partial charge in [0.05, 0.1) is 12.1 Å². The highest BCUT2D eigenvalue weighted by atomic mass is 16.3. The van der Waals surface area contributed by atoms with Gasteiger partial charge in [0.1, 0.15) is 6.04 Å². The minimum atomic E-state index is -0.648. The van der Waals surface area contributed by atoms with Gasteiger partial charge in [-0.05, 0) is 30.9 Å². The summed E-state index contributed by atoms with van der Waals surface area (Å²) in [5.74, 6) is 0.137. The van der Waals surface area contributed by atoms with Crippen molar-refractivity contribution >= 4 is 5.91 Å². The first-order chi connectivity index (χ1) is 15.1. The van der Waals surface area contributed by atoms with Crippen LogP contribution in [0.25, 0.3) is 0 Å². The number of aromatic nitrogens is 1. The molecule has 1 aliphatic carbocycles. The minimum absolute atomic E-state index is 0.0557. The fourth-order valence-electron chi connectivity index (χ4n) is 5.64. The Labute approximate surface area is 182 Å². The molecule has 2 N–H and O–H groups in total. The van der Waals surface area contributed by atoms with E-state index < -0.39 is 11.6 Å². The lowest BCUT2D eigenvalue weighted by Gasteiger charge is -2.47. The number of aliphatic hydroxyl groups excluding tert-OH is 1. The molecule has 0 saturated carbocycles. The Morgan fingerprint density at radius 2 is 1.84 bits per heavy atom. The van der Waals surface area contributed by atoms with Crippen LogP contribution < -0.4 is 10.9 Å². The van der Waals surface area contributed by atoms with Gasteiger partial charge in [-0.15, -0.1) is 0 Å². The molecule has 0 radical (unpaired) electrons. The highest BCUT2D eigenvalue weighted by Gasteiger charge is 2.45. The molecule has 3 atom stereocenters. The molecule has 6 nitrogen and oxygen atoms in total. The van der Waals surface area contributed by atoms with E-state index >= 15 is 0 Å². The van der Waals surface area contributed by atoms with Crippen LogP contribution >= 0.6 is 0 Å². The average Bonchev–Trinajstić information content (AvgIpc) is 3.24. The van der Waals surface area contributed by atoms with E-state index in [0.717, 1.165) is 31.7 Å². The van der Waals surface area contributed by atoms with Crippen molar-refractivity contribution in [1.82, 2.24) is 14.8 Å². The van der Waals surface area contributed by atoms with Gasteiger partial charge >= 0.3 is 0 Å². The second-order valence-electron chi connectivity index (χ2n) is 9.28. The third-order valence-corrected chi connectivity index (χ3v) is 7.12. The SMILES string of the molecule is O=C(NC1(CO)CC=CC1)[C@H]1[C@@H]2C[C@@H](CN(Cc3ccccc3)C2)c2cccc(=O)n21. The van der Waals surface area contributed by atoms with Crippen LogP contribution in [-0.4, -0.2) is 45.7 Å². The molecule has 3 heterocycles. The predicted molar refractivity (Wildman–Crippen MR) is 119 cm³/mol. The molecule has 0 unspecified atom stereocenters. The number of fused-ring (bicyclic) bond motifs is 4. The van der Waals surface area contributed by atoms with E-state index in [4.69, 9.17) is 0 Å². The fraction of sp³-hybridized carbons (Fsp3) is 0.440. The molecule has 1 amide bonds. The zero-order chi connectivity index (χ0) is 21.4. The molecule has 31 heavy (non-hydrogen) atoms. The number of benzene rings is 1. The van der Waals surface area contributed by atoms with Crippen molar-refractivity contribution in [2.75, 3.05) is 19.7 Å². The molecule has 2 bridgehead atoms. The first-order valence-electron chi connectivity index (χ1n) is 11.1. The number of hydrogen-bond donors (Lipinski definition) is 2. The quantitative estimate of drug-likeness (QED) is 0.729. The summed E-state index contributed by atoms with van der Waals surface area (Å²) in [6.45, 7) is 2.38. The number of hydrogen-bond acceptors (Lipinski definition) is 4. The van der Waals surface area contributed by atoms with Crippen LogP contribution in [0.2, 0.25) is 0 Å². The summed E-state index contributed by atoms with van der Waals surface area (Å²) in [5.41, 5.74) is 1.44. The van der Waals surface area contributed by atoms with Crippen LogP contribution in [0, 0.1) is 5.92 Å². The number of rotatable bonds is 5. The normalized spacial score (nSPS) is 26.4. The summed E-state index contributed by atoms with van der Waals surface area (Å²) in [6.07, 6.45) is 6.13. The molecule has 0 spiro atoms. The van der Waals surface area contributed by atoms with Gasteiger partial charge in [0.15, 0.2) is 0 Å². The molecule has 1 aromatic carbocycles. The predicted octanol–water partition coefficient (Wildman–Crippen LogP) is 2.21. The van der Waals surface area contributed by atoms with E-state index in [1.54, 1.807) is 16.7 Å². The van der Waals surface area contributed by atoms with E-state index in [-0.39, 0.29) is 29.9 Å². The van der Waals surface area contributed by atoms with Gasteiger partial charge in [0.25, 0.3) is 5.56 Å². The molecule has 2 aromatic rings. The summed E-state index contributed by atoms with van der Waals surface area (Å²) in [4.78, 5) is 28.9. The van der Waals surface area contributed by atoms with E-state index in [1.807, 2.05) is 24.3 Å². The van der Waals surface area contributed by atoms with Crippen molar-refractivity contribution < 1.29 is 9.90 Å². The van der Waals surface area contributed by atoms with Crippen molar-refractivity contribution in [3.05, 3.63) is 82.3 Å². The molecule has 6 heteroatoms. The lowest BCUT2D eigenvalue weighted by atomic mass is 9.77. The Hall–Kier alpha value is -2.70. The van der Waals surface area contributed by atoms with Crippen molar-refractivity contribution in [2.24, 2.45) is 5.92 Å². The number of nitrogens with zero attached hydrogens (tertiary/aromatic N) is 2. The lowest BCUT2D eigenvalue weighted by Crippen LogP contribution is -2.57. The monoisotopic (exact) mass is 419 g/mol. The third-order valence-electron chi connectivity index (χ3n) is 7.12. The van der Waals surface area contributed by atoms with Crippen molar-refractivity contribution in [3.8, 4) is 0 Å². The molecule has 162 valence electrons. The standard InChI is InChI=1S/C25H29N3O3/c29-17-25(11-4-5-12-25)26-24(31)23-20-13-19(21-9-6-10-22(30)28(21)23)15-27(16-20)14-18-7-2-1-3-8-18/h1-10,19-20,23,29H,11-17H2,(H,26,31)/t19-,20+,23+/m0/s1. The number of carbonyl (C=O) groups excluding carboxylic acids is 1. The number of aliphatic hydroxyl groups is 1. The Bertz CT molecular complexity index is 1040. The Balaban J connectivity index is 1.46. The highest BCUT2D eigenvalue weighted by molar-refractivity contribution is 5.82.